The Bertz CT molecular complexity index is 364. The minimum atomic E-state index is -0.989. The molecule has 0 aromatic carbocycles. The van der Waals surface area contributed by atoms with Crippen LogP contribution in [0.25, 0.3) is 0 Å². The molecule has 0 aromatic heterocycles. The van der Waals surface area contributed by atoms with E-state index in [-0.39, 0.29) is 30.3 Å². The lowest BCUT2D eigenvalue weighted by Crippen LogP contribution is -2.37. The summed E-state index contributed by atoms with van der Waals surface area (Å²) in [6.07, 6.45) is 2.53. The zero-order valence-electron chi connectivity index (χ0n) is 13.4. The van der Waals surface area contributed by atoms with E-state index in [1.54, 1.807) is 27.7 Å². The zero-order chi connectivity index (χ0) is 16.0. The molecule has 0 heterocycles. The number of hydrogen-bond acceptors (Lipinski definition) is 5. The van der Waals surface area contributed by atoms with Gasteiger partial charge < -0.3 is 9.47 Å². The third-order valence-corrected chi connectivity index (χ3v) is 3.45. The van der Waals surface area contributed by atoms with Crippen molar-refractivity contribution in [3.63, 3.8) is 0 Å². The van der Waals surface area contributed by atoms with E-state index in [1.165, 1.54) is 0 Å². The molecule has 0 amide bonds. The summed E-state index contributed by atoms with van der Waals surface area (Å²) in [7, 11) is 0. The van der Waals surface area contributed by atoms with Crippen LogP contribution in [0.1, 0.15) is 59.8 Å². The topological polar surface area (TPSA) is 69.7 Å². The summed E-state index contributed by atoms with van der Waals surface area (Å²) in [5, 5.41) is 0. The molecule has 21 heavy (non-hydrogen) atoms. The summed E-state index contributed by atoms with van der Waals surface area (Å²) < 4.78 is 10.4. The van der Waals surface area contributed by atoms with E-state index in [9.17, 15) is 14.4 Å². The molecular formula is C16H26O5. The molecule has 0 unspecified atom stereocenters. The van der Waals surface area contributed by atoms with Crippen LogP contribution >= 0.6 is 0 Å². The molecule has 0 bridgehead atoms. The van der Waals surface area contributed by atoms with Gasteiger partial charge in [-0.05, 0) is 46.5 Å². The van der Waals surface area contributed by atoms with Gasteiger partial charge in [0.25, 0.3) is 0 Å². The SMILES string of the molecule is CC(C)OC(=O)C(C(=O)OC(C)C)[C@@H]1CCCCC(=O)C1. The number of rotatable bonds is 5. The summed E-state index contributed by atoms with van der Waals surface area (Å²) in [6.45, 7) is 6.95. The molecule has 0 spiro atoms. The molecular weight excluding hydrogens is 272 g/mol. The highest BCUT2D eigenvalue weighted by atomic mass is 16.6. The molecule has 0 aliphatic heterocycles. The third kappa shape index (κ3) is 5.86. The Hall–Kier alpha value is -1.39. The molecule has 0 radical (unpaired) electrons. The van der Waals surface area contributed by atoms with Gasteiger partial charge in [0, 0.05) is 12.8 Å². The minimum Gasteiger partial charge on any atom is -0.462 e. The van der Waals surface area contributed by atoms with Gasteiger partial charge in [-0.3, -0.25) is 14.4 Å². The Balaban J connectivity index is 2.90. The van der Waals surface area contributed by atoms with Crippen molar-refractivity contribution in [3.05, 3.63) is 0 Å². The van der Waals surface area contributed by atoms with E-state index in [2.05, 4.69) is 0 Å². The highest BCUT2D eigenvalue weighted by Crippen LogP contribution is 2.30. The van der Waals surface area contributed by atoms with Crippen molar-refractivity contribution >= 4 is 17.7 Å². The number of carbonyl (C=O) groups is 3. The van der Waals surface area contributed by atoms with Gasteiger partial charge >= 0.3 is 11.9 Å². The van der Waals surface area contributed by atoms with Crippen molar-refractivity contribution in [1.29, 1.82) is 0 Å². The van der Waals surface area contributed by atoms with E-state index in [1.807, 2.05) is 0 Å². The summed E-state index contributed by atoms with van der Waals surface area (Å²) in [4.78, 5) is 36.3. The van der Waals surface area contributed by atoms with Gasteiger partial charge in [-0.25, -0.2) is 0 Å². The highest BCUT2D eigenvalue weighted by molar-refractivity contribution is 5.96. The normalized spacial score (nSPS) is 19.8. The summed E-state index contributed by atoms with van der Waals surface area (Å²) in [6, 6.07) is 0. The van der Waals surface area contributed by atoms with Gasteiger partial charge in [0.1, 0.15) is 5.78 Å². The van der Waals surface area contributed by atoms with Crippen LogP contribution in [0.5, 0.6) is 0 Å². The van der Waals surface area contributed by atoms with Gasteiger partial charge in [-0.2, -0.15) is 0 Å². The maximum absolute atomic E-state index is 12.3. The molecule has 0 saturated heterocycles. The van der Waals surface area contributed by atoms with Crippen LogP contribution in [0.3, 0.4) is 0 Å². The maximum atomic E-state index is 12.3. The van der Waals surface area contributed by atoms with Crippen molar-refractivity contribution in [2.75, 3.05) is 0 Å². The van der Waals surface area contributed by atoms with Crippen molar-refractivity contribution in [3.8, 4) is 0 Å². The van der Waals surface area contributed by atoms with E-state index >= 15 is 0 Å². The second-order valence-corrected chi connectivity index (χ2v) is 6.20. The predicted molar refractivity (Wildman–Crippen MR) is 77.5 cm³/mol. The lowest BCUT2D eigenvalue weighted by molar-refractivity contribution is -0.169. The molecule has 120 valence electrons. The van der Waals surface area contributed by atoms with Gasteiger partial charge in [0.05, 0.1) is 12.2 Å². The van der Waals surface area contributed by atoms with Crippen molar-refractivity contribution in [1.82, 2.24) is 0 Å². The molecule has 1 fully saturated rings. The first-order valence-electron chi connectivity index (χ1n) is 7.74. The molecule has 1 aliphatic rings. The number of esters is 2. The van der Waals surface area contributed by atoms with Crippen LogP contribution in [0.15, 0.2) is 0 Å². The lowest BCUT2D eigenvalue weighted by Gasteiger charge is -2.24. The smallest absolute Gasteiger partial charge is 0.320 e. The van der Waals surface area contributed by atoms with Gasteiger partial charge in [-0.1, -0.05) is 6.42 Å². The van der Waals surface area contributed by atoms with Crippen LogP contribution in [0.4, 0.5) is 0 Å². The Kier molecular flexibility index (Phi) is 6.85. The second kappa shape index (κ2) is 8.15. The van der Waals surface area contributed by atoms with Crippen molar-refractivity contribution < 1.29 is 23.9 Å². The third-order valence-electron chi connectivity index (χ3n) is 3.45. The Morgan fingerprint density at radius 3 is 2.00 bits per heavy atom. The number of ketones is 1. The Morgan fingerprint density at radius 2 is 1.52 bits per heavy atom. The van der Waals surface area contributed by atoms with Gasteiger partial charge in [0.2, 0.25) is 0 Å². The molecule has 1 aliphatic carbocycles. The van der Waals surface area contributed by atoms with Crippen LogP contribution in [0.2, 0.25) is 0 Å². The molecule has 1 rings (SSSR count). The quantitative estimate of drug-likeness (QED) is 0.443. The van der Waals surface area contributed by atoms with Crippen LogP contribution in [-0.2, 0) is 23.9 Å². The summed E-state index contributed by atoms with van der Waals surface area (Å²) >= 11 is 0. The lowest BCUT2D eigenvalue weighted by atomic mass is 9.85. The van der Waals surface area contributed by atoms with Gasteiger partial charge in [0.15, 0.2) is 5.92 Å². The fourth-order valence-corrected chi connectivity index (χ4v) is 2.60. The molecule has 1 atom stereocenters. The van der Waals surface area contributed by atoms with E-state index in [0.29, 0.717) is 12.8 Å². The monoisotopic (exact) mass is 298 g/mol. The maximum Gasteiger partial charge on any atom is 0.320 e. The fourth-order valence-electron chi connectivity index (χ4n) is 2.60. The summed E-state index contributed by atoms with van der Waals surface area (Å²) in [5.74, 6) is -2.34. The average molecular weight is 298 g/mol. The molecule has 0 N–H and O–H groups in total. The predicted octanol–water partition coefficient (Wildman–Crippen LogP) is 2.66. The molecule has 1 saturated carbocycles. The first-order valence-corrected chi connectivity index (χ1v) is 7.74. The number of hydrogen-bond donors (Lipinski definition) is 0. The number of ether oxygens (including phenoxy) is 2. The largest absolute Gasteiger partial charge is 0.462 e. The molecule has 5 nitrogen and oxygen atoms in total. The average Bonchev–Trinajstić information content (AvgIpc) is 2.52. The van der Waals surface area contributed by atoms with Crippen molar-refractivity contribution in [2.24, 2.45) is 11.8 Å². The highest BCUT2D eigenvalue weighted by Gasteiger charge is 2.39. The molecule has 5 heteroatoms. The Morgan fingerprint density at radius 1 is 1.00 bits per heavy atom. The van der Waals surface area contributed by atoms with Crippen LogP contribution < -0.4 is 0 Å². The van der Waals surface area contributed by atoms with Crippen molar-refractivity contribution in [2.45, 2.75) is 72.0 Å². The first-order chi connectivity index (χ1) is 9.81. The standard InChI is InChI=1S/C16H26O5/c1-10(2)20-15(18)14(16(19)21-11(3)4)12-7-5-6-8-13(17)9-12/h10-12,14H,5-9H2,1-4H3/t12-/m1/s1. The van der Waals surface area contributed by atoms with Gasteiger partial charge in [-0.15, -0.1) is 0 Å². The minimum absolute atomic E-state index is 0.109. The summed E-state index contributed by atoms with van der Waals surface area (Å²) in [5.41, 5.74) is 0. The number of Topliss-reactive ketones (excluding diaryl/α,β-unsaturated/α-hetero) is 1. The van der Waals surface area contributed by atoms with Crippen LogP contribution in [-0.4, -0.2) is 29.9 Å². The van der Waals surface area contributed by atoms with Crippen LogP contribution in [0, 0.1) is 11.8 Å². The first kappa shape index (κ1) is 17.7. The number of carbonyl (C=O) groups excluding carboxylic acids is 3. The Labute approximate surface area is 126 Å². The van der Waals surface area contributed by atoms with E-state index in [0.717, 1.165) is 12.8 Å². The van der Waals surface area contributed by atoms with E-state index in [4.69, 9.17) is 9.47 Å². The fraction of sp³-hybridized carbons (Fsp3) is 0.812. The second-order valence-electron chi connectivity index (χ2n) is 6.20. The molecule has 0 aromatic rings. The zero-order valence-corrected chi connectivity index (χ0v) is 13.4. The van der Waals surface area contributed by atoms with E-state index < -0.39 is 17.9 Å².